The van der Waals surface area contributed by atoms with Crippen LogP contribution in [0.15, 0.2) is 40.8 Å². The largest absolute Gasteiger partial charge is 0.490 e. The van der Waals surface area contributed by atoms with E-state index in [1.807, 2.05) is 57.2 Å². The van der Waals surface area contributed by atoms with Gasteiger partial charge >= 0.3 is 0 Å². The maximum Gasteiger partial charge on any atom is 0.254 e. The van der Waals surface area contributed by atoms with E-state index < -0.39 is 6.10 Å². The summed E-state index contributed by atoms with van der Waals surface area (Å²) in [5, 5.41) is 19.3. The minimum Gasteiger partial charge on any atom is -0.490 e. The van der Waals surface area contributed by atoms with E-state index in [-0.39, 0.29) is 13.2 Å². The van der Waals surface area contributed by atoms with E-state index in [0.717, 1.165) is 28.7 Å². The Kier molecular flexibility index (Phi) is 7.85. The van der Waals surface area contributed by atoms with Crippen molar-refractivity contribution in [2.75, 3.05) is 19.8 Å². The van der Waals surface area contributed by atoms with Gasteiger partial charge in [-0.1, -0.05) is 30.7 Å². The summed E-state index contributed by atoms with van der Waals surface area (Å²) >= 11 is 6.00. The Morgan fingerprint density at radius 3 is 2.40 bits per heavy atom. The summed E-state index contributed by atoms with van der Waals surface area (Å²) in [6.45, 7) is 5.97. The van der Waals surface area contributed by atoms with Crippen molar-refractivity contribution in [3.8, 4) is 23.1 Å². The highest BCUT2D eigenvalue weighted by Gasteiger charge is 2.19. The third-order valence-corrected chi connectivity index (χ3v) is 5.58. The number of oxazole rings is 1. The third-order valence-electron chi connectivity index (χ3n) is 5.33. The zero-order valence-corrected chi connectivity index (χ0v) is 20.7. The average Bonchev–Trinajstić information content (AvgIpc) is 3.27. The van der Waals surface area contributed by atoms with Gasteiger partial charge in [-0.05, 0) is 61.2 Å². The summed E-state index contributed by atoms with van der Waals surface area (Å²) in [4.78, 5) is 13.9. The minimum atomic E-state index is -0.937. The number of aliphatic hydroxyl groups is 2. The Hall–Kier alpha value is -3.20. The highest BCUT2D eigenvalue weighted by Crippen LogP contribution is 2.33. The lowest BCUT2D eigenvalue weighted by Crippen LogP contribution is -2.21. The molecule has 0 aliphatic rings. The van der Waals surface area contributed by atoms with Crippen LogP contribution in [0.5, 0.6) is 11.6 Å². The summed E-state index contributed by atoms with van der Waals surface area (Å²) in [5.74, 6) is 2.00. The molecule has 0 radical (unpaired) electrons. The maximum atomic E-state index is 9.60. The van der Waals surface area contributed by atoms with Gasteiger partial charge in [-0.2, -0.15) is 9.97 Å². The fourth-order valence-corrected chi connectivity index (χ4v) is 3.79. The highest BCUT2D eigenvalue weighted by atomic mass is 35.5. The van der Waals surface area contributed by atoms with Gasteiger partial charge in [0.2, 0.25) is 11.8 Å². The van der Waals surface area contributed by atoms with Crippen molar-refractivity contribution in [3.05, 3.63) is 63.9 Å². The lowest BCUT2D eigenvalue weighted by Gasteiger charge is -2.15. The molecule has 0 saturated heterocycles. The third kappa shape index (κ3) is 5.90. The van der Waals surface area contributed by atoms with Crippen LogP contribution in [0.3, 0.4) is 0 Å². The van der Waals surface area contributed by atoms with Gasteiger partial charge in [0.15, 0.2) is 5.52 Å². The van der Waals surface area contributed by atoms with E-state index in [0.29, 0.717) is 52.6 Å². The molecule has 0 fully saturated rings. The number of benzene rings is 2. The van der Waals surface area contributed by atoms with Crippen molar-refractivity contribution < 1.29 is 24.1 Å². The Labute approximate surface area is 208 Å². The molecule has 0 bridgehead atoms. The number of fused-ring (bicyclic) bond motifs is 1. The van der Waals surface area contributed by atoms with Crippen molar-refractivity contribution in [2.24, 2.45) is 0 Å². The zero-order valence-electron chi connectivity index (χ0n) is 19.9. The minimum absolute atomic E-state index is 0.00449. The molecule has 4 aromatic rings. The van der Waals surface area contributed by atoms with Crippen LogP contribution in [0.4, 0.5) is 0 Å². The predicted molar refractivity (Wildman–Crippen MR) is 133 cm³/mol. The first-order valence-corrected chi connectivity index (χ1v) is 11.8. The first-order chi connectivity index (χ1) is 16.9. The van der Waals surface area contributed by atoms with Crippen molar-refractivity contribution in [1.29, 1.82) is 0 Å². The lowest BCUT2D eigenvalue weighted by molar-refractivity contribution is 0.0532. The molecule has 9 heteroatoms. The van der Waals surface area contributed by atoms with Gasteiger partial charge in [-0.3, -0.25) is 0 Å². The van der Waals surface area contributed by atoms with Gasteiger partial charge in [0, 0.05) is 17.0 Å². The summed E-state index contributed by atoms with van der Waals surface area (Å²) in [5.41, 5.74) is 4.30. The quantitative estimate of drug-likeness (QED) is 0.325. The number of halogens is 1. The normalized spacial score (nSPS) is 12.2. The SMILES string of the molecule is CCCOc1nc(Cc2ccc(Cl)cc2)nc2oc(-c3cc(C)c(OCC(O)CO)c(C)c3)nc12. The van der Waals surface area contributed by atoms with Crippen LogP contribution in [0.25, 0.3) is 22.7 Å². The molecule has 1 unspecified atom stereocenters. The topological polar surface area (TPSA) is 111 Å². The molecule has 0 aliphatic carbocycles. The number of ether oxygens (including phenoxy) is 2. The molecular formula is C26H28ClN3O5. The fraction of sp³-hybridized carbons (Fsp3) is 0.346. The molecule has 8 nitrogen and oxygen atoms in total. The average molecular weight is 498 g/mol. The number of aliphatic hydroxyl groups excluding tert-OH is 2. The second-order valence-corrected chi connectivity index (χ2v) is 8.79. The van der Waals surface area contributed by atoms with Crippen molar-refractivity contribution in [3.63, 3.8) is 0 Å². The standard InChI is InChI=1S/C26H28ClN3O5/c1-4-9-33-25-22-26(29-21(28-25)12-17-5-7-19(27)8-6-17)35-24(30-22)18-10-15(2)23(16(3)11-18)34-14-20(32)13-31/h5-8,10-11,20,31-32H,4,9,12-14H2,1-3H3. The highest BCUT2D eigenvalue weighted by molar-refractivity contribution is 6.30. The Balaban J connectivity index is 1.69. The Morgan fingerprint density at radius 1 is 1.03 bits per heavy atom. The van der Waals surface area contributed by atoms with E-state index >= 15 is 0 Å². The van der Waals surface area contributed by atoms with E-state index in [9.17, 15) is 5.11 Å². The van der Waals surface area contributed by atoms with Gasteiger partial charge in [0.25, 0.3) is 5.71 Å². The molecule has 0 spiro atoms. The first-order valence-electron chi connectivity index (χ1n) is 11.5. The van der Waals surface area contributed by atoms with E-state index in [4.69, 9.17) is 30.6 Å². The number of hydrogen-bond acceptors (Lipinski definition) is 8. The summed E-state index contributed by atoms with van der Waals surface area (Å²) < 4.78 is 17.6. The molecule has 1 atom stereocenters. The van der Waals surface area contributed by atoms with Gasteiger partial charge < -0.3 is 24.1 Å². The number of rotatable bonds is 10. The number of aryl methyl sites for hydroxylation is 2. The van der Waals surface area contributed by atoms with Crippen LogP contribution in [0.1, 0.15) is 35.9 Å². The van der Waals surface area contributed by atoms with Gasteiger partial charge in [-0.15, -0.1) is 0 Å². The van der Waals surface area contributed by atoms with Crippen LogP contribution < -0.4 is 9.47 Å². The number of aromatic nitrogens is 3. The summed E-state index contributed by atoms with van der Waals surface area (Å²) in [6.07, 6.45) is 0.385. The van der Waals surface area contributed by atoms with Gasteiger partial charge in [-0.25, -0.2) is 4.98 Å². The van der Waals surface area contributed by atoms with E-state index in [1.165, 1.54) is 0 Å². The summed E-state index contributed by atoms with van der Waals surface area (Å²) in [6, 6.07) is 11.3. The Morgan fingerprint density at radius 2 is 1.74 bits per heavy atom. The zero-order chi connectivity index (χ0) is 24.9. The van der Waals surface area contributed by atoms with E-state index in [1.54, 1.807) is 0 Å². The summed E-state index contributed by atoms with van der Waals surface area (Å²) in [7, 11) is 0. The van der Waals surface area contributed by atoms with Crippen molar-refractivity contribution in [2.45, 2.75) is 39.7 Å². The molecule has 0 aliphatic heterocycles. The predicted octanol–water partition coefficient (Wildman–Crippen LogP) is 4.67. The van der Waals surface area contributed by atoms with E-state index in [2.05, 4.69) is 15.0 Å². The molecular weight excluding hydrogens is 470 g/mol. The monoisotopic (exact) mass is 497 g/mol. The number of hydrogen-bond donors (Lipinski definition) is 2. The molecule has 2 heterocycles. The van der Waals surface area contributed by atoms with Crippen LogP contribution in [-0.4, -0.2) is 51.1 Å². The molecule has 0 amide bonds. The van der Waals surface area contributed by atoms with Crippen molar-refractivity contribution >= 4 is 22.8 Å². The molecule has 0 saturated carbocycles. The lowest BCUT2D eigenvalue weighted by atomic mass is 10.1. The molecule has 2 aromatic carbocycles. The van der Waals surface area contributed by atoms with Crippen LogP contribution in [0, 0.1) is 13.8 Å². The second kappa shape index (κ2) is 11.0. The Bertz CT molecular complexity index is 1280. The van der Waals surface area contributed by atoms with Crippen LogP contribution >= 0.6 is 11.6 Å². The van der Waals surface area contributed by atoms with Gasteiger partial charge in [0.05, 0.1) is 13.2 Å². The molecule has 2 aromatic heterocycles. The molecule has 35 heavy (non-hydrogen) atoms. The molecule has 184 valence electrons. The first kappa shape index (κ1) is 24.9. The second-order valence-electron chi connectivity index (χ2n) is 8.36. The fourth-order valence-electron chi connectivity index (χ4n) is 3.66. The molecule has 2 N–H and O–H groups in total. The maximum absolute atomic E-state index is 9.60. The number of nitrogens with zero attached hydrogens (tertiary/aromatic N) is 3. The van der Waals surface area contributed by atoms with Crippen LogP contribution in [-0.2, 0) is 6.42 Å². The van der Waals surface area contributed by atoms with Crippen molar-refractivity contribution in [1.82, 2.24) is 15.0 Å². The molecule has 4 rings (SSSR count). The van der Waals surface area contributed by atoms with Gasteiger partial charge in [0.1, 0.15) is 24.3 Å². The van der Waals surface area contributed by atoms with Crippen LogP contribution in [0.2, 0.25) is 5.02 Å². The smallest absolute Gasteiger partial charge is 0.254 e.